The SMILES string of the molecule is CO[C@H](C)c1cc(Br)cn2ccnc12. The number of halogens is 1. The Hall–Kier alpha value is -0.870. The molecule has 14 heavy (non-hydrogen) atoms. The van der Waals surface area contributed by atoms with Crippen molar-refractivity contribution in [2.75, 3.05) is 7.11 Å². The Bertz CT molecular complexity index is 452. The molecule has 0 saturated carbocycles. The fourth-order valence-corrected chi connectivity index (χ4v) is 1.92. The summed E-state index contributed by atoms with van der Waals surface area (Å²) in [5.74, 6) is 0. The first-order chi connectivity index (χ1) is 6.72. The van der Waals surface area contributed by atoms with Gasteiger partial charge < -0.3 is 9.14 Å². The molecular weight excluding hydrogens is 244 g/mol. The molecule has 0 aliphatic heterocycles. The van der Waals surface area contributed by atoms with Crippen LogP contribution >= 0.6 is 15.9 Å². The smallest absolute Gasteiger partial charge is 0.142 e. The molecule has 0 unspecified atom stereocenters. The zero-order chi connectivity index (χ0) is 10.1. The Morgan fingerprint density at radius 1 is 1.57 bits per heavy atom. The standard InChI is InChI=1S/C10H11BrN2O/c1-7(14-2)9-5-8(11)6-13-4-3-12-10(9)13/h3-7H,1-2H3/t7-/m1/s1. The average Bonchev–Trinajstić information content (AvgIpc) is 2.62. The van der Waals surface area contributed by atoms with Gasteiger partial charge in [-0.3, -0.25) is 0 Å². The summed E-state index contributed by atoms with van der Waals surface area (Å²) >= 11 is 3.46. The molecule has 0 bridgehead atoms. The van der Waals surface area contributed by atoms with Crippen LogP contribution in [-0.4, -0.2) is 16.5 Å². The van der Waals surface area contributed by atoms with E-state index >= 15 is 0 Å². The van der Waals surface area contributed by atoms with Gasteiger partial charge in [-0.05, 0) is 28.9 Å². The molecule has 0 amide bonds. The van der Waals surface area contributed by atoms with Crippen molar-refractivity contribution in [1.82, 2.24) is 9.38 Å². The van der Waals surface area contributed by atoms with E-state index in [1.165, 1.54) is 0 Å². The van der Waals surface area contributed by atoms with Gasteiger partial charge in [-0.1, -0.05) is 0 Å². The van der Waals surface area contributed by atoms with Crippen molar-refractivity contribution in [2.24, 2.45) is 0 Å². The minimum absolute atomic E-state index is 0.0531. The molecule has 74 valence electrons. The van der Waals surface area contributed by atoms with Crippen LogP contribution in [-0.2, 0) is 4.74 Å². The summed E-state index contributed by atoms with van der Waals surface area (Å²) < 4.78 is 8.31. The average molecular weight is 255 g/mol. The highest BCUT2D eigenvalue weighted by Gasteiger charge is 2.10. The number of hydrogen-bond acceptors (Lipinski definition) is 2. The molecule has 0 aromatic carbocycles. The summed E-state index contributed by atoms with van der Waals surface area (Å²) in [6, 6.07) is 2.04. The summed E-state index contributed by atoms with van der Waals surface area (Å²) in [5, 5.41) is 0. The minimum Gasteiger partial charge on any atom is -0.377 e. The molecule has 2 aromatic rings. The molecule has 0 aliphatic carbocycles. The molecule has 1 atom stereocenters. The van der Waals surface area contributed by atoms with Crippen molar-refractivity contribution < 1.29 is 4.74 Å². The molecule has 0 saturated heterocycles. The van der Waals surface area contributed by atoms with Crippen molar-refractivity contribution in [3.8, 4) is 0 Å². The molecule has 2 aromatic heterocycles. The number of ether oxygens (including phenoxy) is 1. The summed E-state index contributed by atoms with van der Waals surface area (Å²) in [6.07, 6.45) is 5.74. The summed E-state index contributed by atoms with van der Waals surface area (Å²) in [4.78, 5) is 4.29. The van der Waals surface area contributed by atoms with E-state index in [4.69, 9.17) is 4.74 Å². The third kappa shape index (κ3) is 1.55. The quantitative estimate of drug-likeness (QED) is 0.824. The zero-order valence-electron chi connectivity index (χ0n) is 8.07. The van der Waals surface area contributed by atoms with Gasteiger partial charge in [-0.15, -0.1) is 0 Å². The maximum absolute atomic E-state index is 5.29. The van der Waals surface area contributed by atoms with Gasteiger partial charge in [-0.25, -0.2) is 4.98 Å². The van der Waals surface area contributed by atoms with E-state index in [1.807, 2.05) is 29.8 Å². The largest absolute Gasteiger partial charge is 0.377 e. The van der Waals surface area contributed by atoms with Crippen molar-refractivity contribution >= 4 is 21.6 Å². The first kappa shape index (κ1) is 9.68. The second-order valence-electron chi connectivity index (χ2n) is 3.15. The van der Waals surface area contributed by atoms with E-state index in [2.05, 4.69) is 20.9 Å². The van der Waals surface area contributed by atoms with Crippen LogP contribution in [0.15, 0.2) is 29.1 Å². The van der Waals surface area contributed by atoms with Crippen molar-refractivity contribution in [3.63, 3.8) is 0 Å². The minimum atomic E-state index is 0.0531. The molecule has 0 spiro atoms. The monoisotopic (exact) mass is 254 g/mol. The van der Waals surface area contributed by atoms with Gasteiger partial charge >= 0.3 is 0 Å². The van der Waals surface area contributed by atoms with Crippen LogP contribution in [0.2, 0.25) is 0 Å². The lowest BCUT2D eigenvalue weighted by Crippen LogP contribution is -1.99. The van der Waals surface area contributed by atoms with E-state index in [-0.39, 0.29) is 6.10 Å². The van der Waals surface area contributed by atoms with Crippen molar-refractivity contribution in [2.45, 2.75) is 13.0 Å². The highest BCUT2D eigenvalue weighted by molar-refractivity contribution is 9.10. The first-order valence-corrected chi connectivity index (χ1v) is 5.16. The van der Waals surface area contributed by atoms with Crippen LogP contribution in [0.25, 0.3) is 5.65 Å². The van der Waals surface area contributed by atoms with E-state index in [1.54, 1.807) is 13.3 Å². The van der Waals surface area contributed by atoms with Gasteiger partial charge in [0.25, 0.3) is 0 Å². The fourth-order valence-electron chi connectivity index (χ4n) is 1.45. The maximum Gasteiger partial charge on any atom is 0.142 e. The van der Waals surface area contributed by atoms with Crippen LogP contribution in [0.4, 0.5) is 0 Å². The van der Waals surface area contributed by atoms with E-state index in [0.29, 0.717) is 0 Å². The lowest BCUT2D eigenvalue weighted by atomic mass is 10.2. The first-order valence-electron chi connectivity index (χ1n) is 4.37. The van der Waals surface area contributed by atoms with Crippen molar-refractivity contribution in [3.05, 3.63) is 34.7 Å². The highest BCUT2D eigenvalue weighted by atomic mass is 79.9. The maximum atomic E-state index is 5.29. The Kier molecular flexibility index (Phi) is 2.56. The second kappa shape index (κ2) is 3.71. The van der Waals surface area contributed by atoms with Crippen molar-refractivity contribution in [1.29, 1.82) is 0 Å². The van der Waals surface area contributed by atoms with Gasteiger partial charge in [0.05, 0.1) is 6.10 Å². The number of methoxy groups -OCH3 is 1. The van der Waals surface area contributed by atoms with Crippen LogP contribution in [0.5, 0.6) is 0 Å². The van der Waals surface area contributed by atoms with E-state index in [9.17, 15) is 0 Å². The topological polar surface area (TPSA) is 26.5 Å². The van der Waals surface area contributed by atoms with Gasteiger partial charge in [0.1, 0.15) is 5.65 Å². The Morgan fingerprint density at radius 3 is 3.07 bits per heavy atom. The molecule has 0 radical (unpaired) electrons. The van der Waals surface area contributed by atoms with Gasteiger partial charge in [0.2, 0.25) is 0 Å². The van der Waals surface area contributed by atoms with Gasteiger partial charge in [-0.2, -0.15) is 0 Å². The molecule has 0 fully saturated rings. The van der Waals surface area contributed by atoms with Gasteiger partial charge in [0, 0.05) is 35.7 Å². The van der Waals surface area contributed by atoms with E-state index in [0.717, 1.165) is 15.7 Å². The second-order valence-corrected chi connectivity index (χ2v) is 4.07. The number of pyridine rings is 1. The van der Waals surface area contributed by atoms with Gasteiger partial charge in [0.15, 0.2) is 0 Å². The molecule has 4 heteroatoms. The van der Waals surface area contributed by atoms with Crippen LogP contribution in [0.1, 0.15) is 18.6 Å². The predicted molar refractivity (Wildman–Crippen MR) is 58.3 cm³/mol. The number of fused-ring (bicyclic) bond motifs is 1. The summed E-state index contributed by atoms with van der Waals surface area (Å²) in [7, 11) is 1.70. The number of rotatable bonds is 2. The predicted octanol–water partition coefficient (Wildman–Crippen LogP) is 2.80. The number of nitrogens with zero attached hydrogens (tertiary/aromatic N) is 2. The zero-order valence-corrected chi connectivity index (χ0v) is 9.65. The molecule has 2 rings (SSSR count). The third-order valence-electron chi connectivity index (χ3n) is 2.27. The Balaban J connectivity index is 2.66. The van der Waals surface area contributed by atoms with Crippen LogP contribution < -0.4 is 0 Å². The van der Waals surface area contributed by atoms with E-state index < -0.39 is 0 Å². The number of imidazole rings is 1. The lowest BCUT2D eigenvalue weighted by molar-refractivity contribution is 0.120. The normalized spacial score (nSPS) is 13.4. The Morgan fingerprint density at radius 2 is 2.36 bits per heavy atom. The van der Waals surface area contributed by atoms with Crippen LogP contribution in [0.3, 0.4) is 0 Å². The highest BCUT2D eigenvalue weighted by Crippen LogP contribution is 2.24. The molecule has 0 aliphatic rings. The van der Waals surface area contributed by atoms with Crippen LogP contribution in [0, 0.1) is 0 Å². The number of aromatic nitrogens is 2. The lowest BCUT2D eigenvalue weighted by Gasteiger charge is -2.11. The molecular formula is C10H11BrN2O. The molecule has 0 N–H and O–H groups in total. The Labute approximate surface area is 90.8 Å². The molecule has 2 heterocycles. The third-order valence-corrected chi connectivity index (χ3v) is 2.71. The molecule has 3 nitrogen and oxygen atoms in total. The summed E-state index contributed by atoms with van der Waals surface area (Å²) in [6.45, 7) is 2.01. The number of hydrogen-bond donors (Lipinski definition) is 0. The summed E-state index contributed by atoms with van der Waals surface area (Å²) in [5.41, 5.74) is 2.04. The fraction of sp³-hybridized carbons (Fsp3) is 0.300.